The lowest BCUT2D eigenvalue weighted by Gasteiger charge is -2.08. The van der Waals surface area contributed by atoms with Crippen molar-refractivity contribution in [3.63, 3.8) is 0 Å². The second-order valence-corrected chi connectivity index (χ2v) is 5.28. The van der Waals surface area contributed by atoms with Crippen molar-refractivity contribution < 1.29 is 4.74 Å². The van der Waals surface area contributed by atoms with E-state index in [9.17, 15) is 0 Å². The van der Waals surface area contributed by atoms with Crippen LogP contribution in [0.25, 0.3) is 0 Å². The van der Waals surface area contributed by atoms with Gasteiger partial charge in [-0.15, -0.1) is 0 Å². The van der Waals surface area contributed by atoms with Gasteiger partial charge in [0.1, 0.15) is 0 Å². The zero-order chi connectivity index (χ0) is 14.3. The first kappa shape index (κ1) is 16.2. The van der Waals surface area contributed by atoms with Crippen LogP contribution in [-0.2, 0) is 17.7 Å². The molecule has 110 valence electrons. The summed E-state index contributed by atoms with van der Waals surface area (Å²) in [5.41, 5.74) is 3.86. The van der Waals surface area contributed by atoms with Crippen molar-refractivity contribution in [3.8, 4) is 0 Å². The van der Waals surface area contributed by atoms with Crippen LogP contribution < -0.4 is 5.32 Å². The van der Waals surface area contributed by atoms with Gasteiger partial charge in [0.05, 0.1) is 5.69 Å². The molecule has 1 N–H and O–H groups in total. The van der Waals surface area contributed by atoms with Crippen LogP contribution in [0.3, 0.4) is 0 Å². The number of rotatable bonds is 9. The largest absolute Gasteiger partial charge is 0.382 e. The molecule has 0 radical (unpaired) electrons. The zero-order valence-electron chi connectivity index (χ0n) is 13.1. The average Bonchev–Trinajstić information content (AvgIpc) is 2.62. The molecule has 0 aromatic carbocycles. The summed E-state index contributed by atoms with van der Waals surface area (Å²) in [5.74, 6) is 0. The summed E-state index contributed by atoms with van der Waals surface area (Å²) in [6, 6.07) is 0.543. The molecule has 4 nitrogen and oxygen atoms in total. The van der Waals surface area contributed by atoms with E-state index >= 15 is 0 Å². The van der Waals surface area contributed by atoms with Crippen LogP contribution in [0.15, 0.2) is 0 Å². The Morgan fingerprint density at radius 2 is 2.05 bits per heavy atom. The summed E-state index contributed by atoms with van der Waals surface area (Å²) < 4.78 is 7.50. The molecule has 0 amide bonds. The Kier molecular flexibility index (Phi) is 7.10. The lowest BCUT2D eigenvalue weighted by molar-refractivity contribution is 0.140. The number of ether oxygens (including phenoxy) is 1. The van der Waals surface area contributed by atoms with Crippen LogP contribution in [0.4, 0.5) is 0 Å². The van der Waals surface area contributed by atoms with Gasteiger partial charge in [0.2, 0.25) is 0 Å². The predicted octanol–water partition coefficient (Wildman–Crippen LogP) is 2.47. The molecule has 4 heteroatoms. The minimum atomic E-state index is 0.543. The molecule has 1 rings (SSSR count). The minimum Gasteiger partial charge on any atom is -0.382 e. The molecule has 0 aliphatic rings. The Hall–Kier alpha value is -0.870. The fraction of sp³-hybridized carbons (Fsp3) is 0.800. The van der Waals surface area contributed by atoms with E-state index in [4.69, 9.17) is 4.74 Å². The van der Waals surface area contributed by atoms with Crippen LogP contribution in [-0.4, -0.2) is 35.6 Å². The molecule has 0 atom stereocenters. The third kappa shape index (κ3) is 5.33. The van der Waals surface area contributed by atoms with E-state index in [1.165, 1.54) is 17.0 Å². The lowest BCUT2D eigenvalue weighted by Crippen LogP contribution is -2.25. The Bertz CT molecular complexity index is 372. The van der Waals surface area contributed by atoms with E-state index in [2.05, 4.69) is 42.8 Å². The fourth-order valence-electron chi connectivity index (χ4n) is 2.26. The van der Waals surface area contributed by atoms with E-state index in [1.54, 1.807) is 0 Å². The Morgan fingerprint density at radius 1 is 1.32 bits per heavy atom. The molecular formula is C15H29N3O. The first-order chi connectivity index (χ1) is 9.06. The molecule has 0 unspecified atom stereocenters. The molecule has 0 aliphatic carbocycles. The molecule has 0 bridgehead atoms. The zero-order valence-corrected chi connectivity index (χ0v) is 13.1. The average molecular weight is 267 g/mol. The van der Waals surface area contributed by atoms with Crippen LogP contribution in [0.1, 0.15) is 44.1 Å². The molecule has 0 fully saturated rings. The van der Waals surface area contributed by atoms with Crippen LogP contribution >= 0.6 is 0 Å². The third-order valence-corrected chi connectivity index (χ3v) is 3.32. The quantitative estimate of drug-likeness (QED) is 0.699. The summed E-state index contributed by atoms with van der Waals surface area (Å²) in [5, 5.41) is 8.10. The van der Waals surface area contributed by atoms with Gasteiger partial charge in [0.25, 0.3) is 0 Å². The number of hydrogen-bond donors (Lipinski definition) is 1. The van der Waals surface area contributed by atoms with Gasteiger partial charge in [-0.05, 0) is 45.7 Å². The lowest BCUT2D eigenvalue weighted by atomic mass is 10.1. The first-order valence-corrected chi connectivity index (χ1v) is 7.40. The molecule has 0 spiro atoms. The van der Waals surface area contributed by atoms with E-state index < -0.39 is 0 Å². The fourth-order valence-corrected chi connectivity index (χ4v) is 2.26. The Labute approximate surface area is 117 Å². The van der Waals surface area contributed by atoms with Gasteiger partial charge in [-0.3, -0.25) is 4.68 Å². The minimum absolute atomic E-state index is 0.543. The number of aryl methyl sites for hydroxylation is 2. The van der Waals surface area contributed by atoms with Gasteiger partial charge in [-0.2, -0.15) is 5.10 Å². The number of nitrogens with zero attached hydrogens (tertiary/aromatic N) is 2. The summed E-state index contributed by atoms with van der Waals surface area (Å²) >= 11 is 0. The summed E-state index contributed by atoms with van der Waals surface area (Å²) in [4.78, 5) is 0. The second kappa shape index (κ2) is 8.33. The van der Waals surface area contributed by atoms with Crippen molar-refractivity contribution in [2.45, 2.75) is 60.0 Å². The van der Waals surface area contributed by atoms with Crippen LogP contribution in [0.2, 0.25) is 0 Å². The maximum atomic E-state index is 5.37. The van der Waals surface area contributed by atoms with Crippen molar-refractivity contribution in [2.75, 3.05) is 19.8 Å². The smallest absolute Gasteiger partial charge is 0.0628 e. The highest BCUT2D eigenvalue weighted by Crippen LogP contribution is 2.14. The van der Waals surface area contributed by atoms with E-state index in [0.29, 0.717) is 6.04 Å². The Morgan fingerprint density at radius 3 is 2.68 bits per heavy atom. The maximum Gasteiger partial charge on any atom is 0.0628 e. The van der Waals surface area contributed by atoms with Gasteiger partial charge < -0.3 is 10.1 Å². The van der Waals surface area contributed by atoms with Gasteiger partial charge in [0.15, 0.2) is 0 Å². The topological polar surface area (TPSA) is 39.1 Å². The van der Waals surface area contributed by atoms with E-state index in [0.717, 1.165) is 39.1 Å². The van der Waals surface area contributed by atoms with Crippen molar-refractivity contribution in [1.82, 2.24) is 15.1 Å². The molecule has 0 aliphatic heterocycles. The van der Waals surface area contributed by atoms with Crippen molar-refractivity contribution in [1.29, 1.82) is 0 Å². The second-order valence-electron chi connectivity index (χ2n) is 5.28. The molecule has 1 aromatic rings. The SMILES string of the molecule is CCOCCCn1nc(C)c(CCNC(C)C)c1C. The highest BCUT2D eigenvalue weighted by Gasteiger charge is 2.10. The summed E-state index contributed by atoms with van der Waals surface area (Å²) in [7, 11) is 0. The highest BCUT2D eigenvalue weighted by molar-refractivity contribution is 5.24. The van der Waals surface area contributed by atoms with E-state index in [1.807, 2.05) is 6.92 Å². The van der Waals surface area contributed by atoms with Gasteiger partial charge >= 0.3 is 0 Å². The third-order valence-electron chi connectivity index (χ3n) is 3.32. The van der Waals surface area contributed by atoms with Gasteiger partial charge in [-0.25, -0.2) is 0 Å². The molecule has 0 saturated carbocycles. The number of aromatic nitrogens is 2. The molecule has 19 heavy (non-hydrogen) atoms. The number of nitrogens with one attached hydrogen (secondary N) is 1. The standard InChI is InChI=1S/C15H29N3O/c1-6-19-11-7-10-18-14(5)15(13(4)17-18)8-9-16-12(2)3/h12,16H,6-11H2,1-5H3. The van der Waals surface area contributed by atoms with E-state index in [-0.39, 0.29) is 0 Å². The van der Waals surface area contributed by atoms with Crippen molar-refractivity contribution >= 4 is 0 Å². The van der Waals surface area contributed by atoms with Crippen LogP contribution in [0.5, 0.6) is 0 Å². The monoisotopic (exact) mass is 267 g/mol. The number of hydrogen-bond acceptors (Lipinski definition) is 3. The van der Waals surface area contributed by atoms with Crippen molar-refractivity contribution in [3.05, 3.63) is 17.0 Å². The summed E-state index contributed by atoms with van der Waals surface area (Å²) in [6.45, 7) is 14.2. The molecular weight excluding hydrogens is 238 g/mol. The normalized spacial score (nSPS) is 11.5. The van der Waals surface area contributed by atoms with Crippen LogP contribution in [0, 0.1) is 13.8 Å². The van der Waals surface area contributed by atoms with Crippen molar-refractivity contribution in [2.24, 2.45) is 0 Å². The summed E-state index contributed by atoms with van der Waals surface area (Å²) in [6.07, 6.45) is 2.08. The van der Waals surface area contributed by atoms with Gasteiger partial charge in [0, 0.05) is 31.5 Å². The molecule has 1 heterocycles. The first-order valence-electron chi connectivity index (χ1n) is 7.40. The molecule has 1 aromatic heterocycles. The Balaban J connectivity index is 2.51. The molecule has 0 saturated heterocycles. The predicted molar refractivity (Wildman–Crippen MR) is 79.7 cm³/mol. The van der Waals surface area contributed by atoms with Gasteiger partial charge in [-0.1, -0.05) is 13.8 Å². The maximum absolute atomic E-state index is 5.37. The highest BCUT2D eigenvalue weighted by atomic mass is 16.5.